The lowest BCUT2D eigenvalue weighted by molar-refractivity contribution is -0.385. The van der Waals surface area contributed by atoms with Gasteiger partial charge in [0.1, 0.15) is 0 Å². The van der Waals surface area contributed by atoms with Crippen molar-refractivity contribution in [3.8, 4) is 0 Å². The van der Waals surface area contributed by atoms with E-state index in [9.17, 15) is 14.9 Å². The third-order valence-corrected chi connectivity index (χ3v) is 6.33. The number of nitrogens with zero attached hydrogens (tertiary/aromatic N) is 3. The average Bonchev–Trinajstić information content (AvgIpc) is 2.81. The third kappa shape index (κ3) is 5.32. The number of hydrogen-bond acceptors (Lipinski definition) is 5. The van der Waals surface area contributed by atoms with Gasteiger partial charge in [-0.05, 0) is 48.9 Å². The number of nitrogens with one attached hydrogen (secondary N) is 1. The van der Waals surface area contributed by atoms with E-state index in [1.165, 1.54) is 12.1 Å². The van der Waals surface area contributed by atoms with E-state index in [0.29, 0.717) is 16.8 Å². The summed E-state index contributed by atoms with van der Waals surface area (Å²) in [5.41, 5.74) is 3.47. The lowest BCUT2D eigenvalue weighted by atomic mass is 10.1. The molecule has 1 amide bonds. The first-order valence-corrected chi connectivity index (χ1v) is 11.2. The van der Waals surface area contributed by atoms with E-state index < -0.39 is 4.92 Å². The molecule has 0 aliphatic carbocycles. The molecule has 0 unspecified atom stereocenters. The molecule has 0 spiro atoms. The van der Waals surface area contributed by atoms with Crippen LogP contribution in [-0.2, 0) is 6.54 Å². The quantitative estimate of drug-likeness (QED) is 0.404. The number of amides is 1. The van der Waals surface area contributed by atoms with Crippen LogP contribution in [0.3, 0.4) is 0 Å². The fourth-order valence-corrected chi connectivity index (χ4v) is 4.25. The molecule has 1 aliphatic heterocycles. The number of nitro groups is 1. The van der Waals surface area contributed by atoms with Crippen molar-refractivity contribution in [3.63, 3.8) is 0 Å². The first-order valence-electron chi connectivity index (χ1n) is 10.8. The largest absolute Gasteiger partial charge is 0.369 e. The van der Waals surface area contributed by atoms with Crippen LogP contribution < -0.4 is 10.2 Å². The maximum absolute atomic E-state index is 12.6. The molecule has 3 aromatic carbocycles. The Morgan fingerprint density at radius 1 is 1.00 bits per heavy atom. The minimum atomic E-state index is -0.477. The van der Waals surface area contributed by atoms with Gasteiger partial charge in [-0.15, -0.1) is 0 Å². The number of rotatable bonds is 6. The van der Waals surface area contributed by atoms with Crippen molar-refractivity contribution in [1.82, 2.24) is 4.90 Å². The van der Waals surface area contributed by atoms with Gasteiger partial charge in [-0.2, -0.15) is 0 Å². The van der Waals surface area contributed by atoms with Crippen LogP contribution in [0.25, 0.3) is 0 Å². The molecule has 0 bridgehead atoms. The van der Waals surface area contributed by atoms with Crippen molar-refractivity contribution >= 4 is 34.6 Å². The Morgan fingerprint density at radius 3 is 2.36 bits per heavy atom. The topological polar surface area (TPSA) is 78.7 Å². The number of carbonyl (C=O) groups is 1. The maximum atomic E-state index is 12.6. The van der Waals surface area contributed by atoms with Crippen LogP contribution >= 0.6 is 11.6 Å². The molecule has 170 valence electrons. The van der Waals surface area contributed by atoms with E-state index in [1.807, 2.05) is 42.5 Å². The monoisotopic (exact) mass is 464 g/mol. The predicted molar refractivity (Wildman–Crippen MR) is 131 cm³/mol. The number of carbonyl (C=O) groups excluding carboxylic acids is 1. The van der Waals surface area contributed by atoms with Crippen molar-refractivity contribution in [1.29, 1.82) is 0 Å². The summed E-state index contributed by atoms with van der Waals surface area (Å²) in [6.45, 7) is 6.12. The van der Waals surface area contributed by atoms with Crippen molar-refractivity contribution < 1.29 is 9.72 Å². The normalized spacial score (nSPS) is 14.2. The smallest absolute Gasteiger partial charge is 0.273 e. The zero-order chi connectivity index (χ0) is 23.4. The Hall–Kier alpha value is -3.42. The first-order chi connectivity index (χ1) is 15.9. The zero-order valence-electron chi connectivity index (χ0n) is 18.3. The Kier molecular flexibility index (Phi) is 6.91. The molecule has 4 rings (SSSR count). The van der Waals surface area contributed by atoms with Gasteiger partial charge in [0.05, 0.1) is 4.92 Å². The van der Waals surface area contributed by atoms with E-state index in [-0.39, 0.29) is 11.6 Å². The van der Waals surface area contributed by atoms with Crippen LogP contribution in [-0.4, -0.2) is 41.9 Å². The van der Waals surface area contributed by atoms with Crippen LogP contribution in [0.5, 0.6) is 0 Å². The molecule has 1 aliphatic rings. The van der Waals surface area contributed by atoms with Crippen molar-refractivity contribution in [2.24, 2.45) is 0 Å². The van der Waals surface area contributed by atoms with Gasteiger partial charge in [0.15, 0.2) is 0 Å². The molecule has 1 N–H and O–H groups in total. The van der Waals surface area contributed by atoms with E-state index in [2.05, 4.69) is 21.2 Å². The van der Waals surface area contributed by atoms with Crippen LogP contribution in [0, 0.1) is 17.0 Å². The summed E-state index contributed by atoms with van der Waals surface area (Å²) in [6.07, 6.45) is 0. The first kappa shape index (κ1) is 22.8. The van der Waals surface area contributed by atoms with Crippen molar-refractivity contribution in [2.75, 3.05) is 36.4 Å². The van der Waals surface area contributed by atoms with Gasteiger partial charge in [-0.1, -0.05) is 35.9 Å². The Balaban J connectivity index is 1.34. The summed E-state index contributed by atoms with van der Waals surface area (Å²) in [5, 5.41) is 14.8. The summed E-state index contributed by atoms with van der Waals surface area (Å²) in [5.74, 6) is -0.364. The standard InChI is InChI=1S/C25H25ClN4O3/c1-18-22(6-4-8-24(18)30(32)33)25(31)27-20-9-11-21(12-10-20)29-15-13-28(14-16-29)17-19-5-2-3-7-23(19)26/h2-12H,13-17H2,1H3,(H,27,31). The molecule has 0 saturated carbocycles. The Labute approximate surface area is 197 Å². The summed E-state index contributed by atoms with van der Waals surface area (Å²) >= 11 is 6.29. The van der Waals surface area contributed by atoms with Gasteiger partial charge in [-0.25, -0.2) is 0 Å². The fourth-order valence-electron chi connectivity index (χ4n) is 4.05. The summed E-state index contributed by atoms with van der Waals surface area (Å²) in [7, 11) is 0. The molecular formula is C25H25ClN4O3. The number of benzene rings is 3. The lowest BCUT2D eigenvalue weighted by Crippen LogP contribution is -2.46. The van der Waals surface area contributed by atoms with Crippen molar-refractivity contribution in [2.45, 2.75) is 13.5 Å². The second-order valence-corrected chi connectivity index (χ2v) is 8.47. The molecule has 1 fully saturated rings. The molecular weight excluding hydrogens is 440 g/mol. The molecule has 1 saturated heterocycles. The van der Waals surface area contributed by atoms with Gasteiger partial charge in [-0.3, -0.25) is 19.8 Å². The van der Waals surface area contributed by atoms with Crippen LogP contribution in [0.2, 0.25) is 5.02 Å². The van der Waals surface area contributed by atoms with E-state index >= 15 is 0 Å². The maximum Gasteiger partial charge on any atom is 0.273 e. The summed E-state index contributed by atoms with van der Waals surface area (Å²) in [6, 6.07) is 20.1. The number of piperazine rings is 1. The van der Waals surface area contributed by atoms with Gasteiger partial charge >= 0.3 is 0 Å². The van der Waals surface area contributed by atoms with Crippen LogP contribution in [0.15, 0.2) is 66.7 Å². The number of anilines is 2. The highest BCUT2D eigenvalue weighted by Crippen LogP contribution is 2.24. The molecule has 8 heteroatoms. The number of halogens is 1. The van der Waals surface area contributed by atoms with Gasteiger partial charge < -0.3 is 10.2 Å². The van der Waals surface area contributed by atoms with E-state index in [1.54, 1.807) is 13.0 Å². The van der Waals surface area contributed by atoms with Crippen LogP contribution in [0.1, 0.15) is 21.5 Å². The molecule has 0 atom stereocenters. The highest BCUT2D eigenvalue weighted by Gasteiger charge is 2.20. The SMILES string of the molecule is Cc1c(C(=O)Nc2ccc(N3CCN(Cc4ccccc4Cl)CC3)cc2)cccc1[N+](=O)[O-]. The molecule has 7 nitrogen and oxygen atoms in total. The van der Waals surface area contributed by atoms with Gasteiger partial charge in [0.2, 0.25) is 0 Å². The summed E-state index contributed by atoms with van der Waals surface area (Å²) < 4.78 is 0. The minimum Gasteiger partial charge on any atom is -0.369 e. The third-order valence-electron chi connectivity index (χ3n) is 5.96. The molecule has 0 aromatic heterocycles. The number of nitro benzene ring substituents is 1. The molecule has 3 aromatic rings. The highest BCUT2D eigenvalue weighted by molar-refractivity contribution is 6.31. The second-order valence-electron chi connectivity index (χ2n) is 8.06. The zero-order valence-corrected chi connectivity index (χ0v) is 19.1. The average molecular weight is 465 g/mol. The van der Waals surface area contributed by atoms with Crippen LogP contribution in [0.4, 0.5) is 17.1 Å². The Bertz CT molecular complexity index is 1160. The summed E-state index contributed by atoms with van der Waals surface area (Å²) in [4.78, 5) is 28.0. The molecule has 0 radical (unpaired) electrons. The van der Waals surface area contributed by atoms with E-state index in [0.717, 1.165) is 49.0 Å². The molecule has 1 heterocycles. The van der Waals surface area contributed by atoms with Gasteiger partial charge in [0, 0.05) is 66.3 Å². The second kappa shape index (κ2) is 10.0. The van der Waals surface area contributed by atoms with Crippen molar-refractivity contribution in [3.05, 3.63) is 98.6 Å². The number of hydrogen-bond donors (Lipinski definition) is 1. The fraction of sp³-hybridized carbons (Fsp3) is 0.240. The minimum absolute atomic E-state index is 0.0633. The Morgan fingerprint density at radius 2 is 1.70 bits per heavy atom. The predicted octanol–water partition coefficient (Wildman–Crippen LogP) is 5.13. The molecule has 33 heavy (non-hydrogen) atoms. The highest BCUT2D eigenvalue weighted by atomic mass is 35.5. The van der Waals surface area contributed by atoms with E-state index in [4.69, 9.17) is 11.6 Å². The lowest BCUT2D eigenvalue weighted by Gasteiger charge is -2.36. The van der Waals surface area contributed by atoms with Gasteiger partial charge in [0.25, 0.3) is 11.6 Å².